The Morgan fingerprint density at radius 3 is 2.32 bits per heavy atom. The normalized spacial score (nSPS) is 12.4. The third-order valence-electron chi connectivity index (χ3n) is 4.56. The van der Waals surface area contributed by atoms with Gasteiger partial charge in [0, 0.05) is 7.05 Å². The summed E-state index contributed by atoms with van der Waals surface area (Å²) < 4.78 is 42.4. The maximum Gasteiger partial charge on any atom is 0.243 e. The highest BCUT2D eigenvalue weighted by Gasteiger charge is 2.25. The zero-order valence-electron chi connectivity index (χ0n) is 18.1. The molecule has 0 bridgehead atoms. The third-order valence-corrected chi connectivity index (χ3v) is 6.66. The van der Waals surface area contributed by atoms with Crippen LogP contribution < -0.4 is 19.5 Å². The number of benzene rings is 2. The number of hydrogen-bond donors (Lipinski definition) is 1. The first-order valence-electron chi connectivity index (χ1n) is 9.54. The molecule has 0 aliphatic carbocycles. The van der Waals surface area contributed by atoms with Crippen molar-refractivity contribution in [3.63, 3.8) is 0 Å². The van der Waals surface area contributed by atoms with Crippen molar-refractivity contribution >= 4 is 27.5 Å². The molecule has 1 atom stereocenters. The number of carbonyl (C=O) groups excluding carboxylic acids is 1. The zero-order chi connectivity index (χ0) is 23.2. The van der Waals surface area contributed by atoms with Gasteiger partial charge in [-0.25, -0.2) is 8.42 Å². The Balaban J connectivity index is 2.08. The number of carbonyl (C=O) groups is 1. The van der Waals surface area contributed by atoms with Crippen molar-refractivity contribution in [3.05, 3.63) is 47.0 Å². The van der Waals surface area contributed by atoms with Gasteiger partial charge in [-0.05, 0) is 49.7 Å². The Morgan fingerprint density at radius 1 is 1.10 bits per heavy atom. The van der Waals surface area contributed by atoms with Gasteiger partial charge in [-0.3, -0.25) is 4.79 Å². The fraction of sp³-hybridized carbons (Fsp3) is 0.381. The van der Waals surface area contributed by atoms with Crippen molar-refractivity contribution in [2.75, 3.05) is 34.4 Å². The van der Waals surface area contributed by atoms with Gasteiger partial charge in [-0.2, -0.15) is 4.31 Å². The average Bonchev–Trinajstić information content (AvgIpc) is 2.74. The van der Waals surface area contributed by atoms with Gasteiger partial charge in [0.05, 0.1) is 43.3 Å². The predicted octanol–water partition coefficient (Wildman–Crippen LogP) is 3.25. The molecular weight excluding hydrogens is 444 g/mol. The minimum absolute atomic E-state index is 0.0239. The minimum Gasteiger partial charge on any atom is -0.493 e. The molecule has 8 nitrogen and oxygen atoms in total. The molecule has 31 heavy (non-hydrogen) atoms. The van der Waals surface area contributed by atoms with Crippen molar-refractivity contribution in [3.8, 4) is 17.2 Å². The number of hydrogen-bond acceptors (Lipinski definition) is 6. The monoisotopic (exact) mass is 470 g/mol. The van der Waals surface area contributed by atoms with Crippen LogP contribution in [0.25, 0.3) is 0 Å². The molecule has 0 fully saturated rings. The number of methoxy groups -OCH3 is 2. The number of sulfonamides is 1. The van der Waals surface area contributed by atoms with E-state index >= 15 is 0 Å². The van der Waals surface area contributed by atoms with Crippen LogP contribution >= 0.6 is 11.6 Å². The Hall–Kier alpha value is -2.49. The molecule has 2 rings (SSSR count). The second-order valence-electron chi connectivity index (χ2n) is 6.69. The summed E-state index contributed by atoms with van der Waals surface area (Å²) >= 11 is 6.10. The lowest BCUT2D eigenvalue weighted by Gasteiger charge is -2.20. The van der Waals surface area contributed by atoms with Crippen molar-refractivity contribution in [1.82, 2.24) is 9.62 Å². The van der Waals surface area contributed by atoms with Crippen LogP contribution in [-0.2, 0) is 14.8 Å². The second kappa shape index (κ2) is 10.7. The van der Waals surface area contributed by atoms with Crippen LogP contribution in [0.15, 0.2) is 41.3 Å². The summed E-state index contributed by atoms with van der Waals surface area (Å²) in [7, 11) is 0.485. The topological polar surface area (TPSA) is 94.2 Å². The van der Waals surface area contributed by atoms with Gasteiger partial charge >= 0.3 is 0 Å². The molecule has 10 heteroatoms. The van der Waals surface area contributed by atoms with Crippen LogP contribution in [0, 0.1) is 0 Å². The molecule has 0 saturated heterocycles. The Bertz CT molecular complexity index is 1030. The molecule has 0 spiro atoms. The number of likely N-dealkylation sites (N-methyl/N-ethyl adjacent to an activating group) is 1. The Labute approximate surface area is 188 Å². The van der Waals surface area contributed by atoms with Gasteiger partial charge in [-0.15, -0.1) is 0 Å². The summed E-state index contributed by atoms with van der Waals surface area (Å²) in [5.41, 5.74) is 0.787. The maximum atomic E-state index is 12.8. The van der Waals surface area contributed by atoms with E-state index < -0.39 is 15.9 Å². The molecule has 0 aromatic heterocycles. The quantitative estimate of drug-likeness (QED) is 0.572. The molecule has 0 saturated carbocycles. The highest BCUT2D eigenvalue weighted by Crippen LogP contribution is 2.30. The predicted molar refractivity (Wildman–Crippen MR) is 119 cm³/mol. The van der Waals surface area contributed by atoms with E-state index in [1.165, 1.54) is 39.5 Å². The van der Waals surface area contributed by atoms with Crippen molar-refractivity contribution in [2.24, 2.45) is 0 Å². The lowest BCUT2D eigenvalue weighted by molar-refractivity contribution is -0.121. The highest BCUT2D eigenvalue weighted by atomic mass is 35.5. The summed E-state index contributed by atoms with van der Waals surface area (Å²) in [6.07, 6.45) is 0. The number of amides is 1. The van der Waals surface area contributed by atoms with E-state index in [9.17, 15) is 13.2 Å². The summed E-state index contributed by atoms with van der Waals surface area (Å²) in [4.78, 5) is 12.5. The van der Waals surface area contributed by atoms with Crippen molar-refractivity contribution < 1.29 is 27.4 Å². The molecule has 2 aromatic rings. The van der Waals surface area contributed by atoms with E-state index in [-0.39, 0.29) is 22.5 Å². The lowest BCUT2D eigenvalue weighted by Crippen LogP contribution is -2.39. The molecule has 0 unspecified atom stereocenters. The Morgan fingerprint density at radius 2 is 1.74 bits per heavy atom. The molecule has 0 heterocycles. The minimum atomic E-state index is -3.91. The molecule has 1 N–H and O–H groups in total. The smallest absolute Gasteiger partial charge is 0.243 e. The fourth-order valence-electron chi connectivity index (χ4n) is 2.87. The van der Waals surface area contributed by atoms with Crippen molar-refractivity contribution in [2.45, 2.75) is 24.8 Å². The second-order valence-corrected chi connectivity index (χ2v) is 9.14. The first-order chi connectivity index (χ1) is 14.6. The number of nitrogens with zero attached hydrogens (tertiary/aromatic N) is 1. The van der Waals surface area contributed by atoms with E-state index in [1.807, 2.05) is 0 Å². The van der Waals surface area contributed by atoms with E-state index in [0.717, 1.165) is 9.87 Å². The molecule has 1 amide bonds. The first kappa shape index (κ1) is 24.8. The van der Waals surface area contributed by atoms with Crippen LogP contribution in [0.4, 0.5) is 0 Å². The third kappa shape index (κ3) is 6.03. The molecular formula is C21H27ClN2O6S. The van der Waals surface area contributed by atoms with Crippen LogP contribution in [0.5, 0.6) is 17.2 Å². The molecule has 0 aliphatic heterocycles. The fourth-order valence-corrected chi connectivity index (χ4v) is 4.33. The number of halogens is 1. The molecule has 2 aromatic carbocycles. The van der Waals surface area contributed by atoms with E-state index in [0.29, 0.717) is 23.9 Å². The van der Waals surface area contributed by atoms with E-state index in [1.54, 1.807) is 32.0 Å². The largest absolute Gasteiger partial charge is 0.493 e. The summed E-state index contributed by atoms with van der Waals surface area (Å²) in [5.74, 6) is 1.05. The van der Waals surface area contributed by atoms with Crippen LogP contribution in [-0.4, -0.2) is 53.0 Å². The van der Waals surface area contributed by atoms with Gasteiger partial charge in [0.25, 0.3) is 0 Å². The zero-order valence-corrected chi connectivity index (χ0v) is 19.7. The standard InChI is InChI=1S/C21H27ClN2O6S/c1-6-30-18-10-8-16(12-17(18)22)31(26,27)24(3)13-21(25)23-14(2)15-7-9-19(28-4)20(11-15)29-5/h7-12,14H,6,13H2,1-5H3,(H,23,25)/t14-/m1/s1. The van der Waals surface area contributed by atoms with E-state index in [2.05, 4.69) is 5.32 Å². The van der Waals surface area contributed by atoms with Gasteiger partial charge in [0.15, 0.2) is 11.5 Å². The van der Waals surface area contributed by atoms with Crippen LogP contribution in [0.2, 0.25) is 5.02 Å². The van der Waals surface area contributed by atoms with E-state index in [4.69, 9.17) is 25.8 Å². The summed E-state index contributed by atoms with van der Waals surface area (Å²) in [6.45, 7) is 3.64. The van der Waals surface area contributed by atoms with Gasteiger partial charge in [0.2, 0.25) is 15.9 Å². The van der Waals surface area contributed by atoms with Crippen LogP contribution in [0.1, 0.15) is 25.5 Å². The molecule has 0 aliphatic rings. The number of nitrogens with one attached hydrogen (secondary N) is 1. The summed E-state index contributed by atoms with van der Waals surface area (Å²) in [6, 6.07) is 9.12. The van der Waals surface area contributed by atoms with Crippen molar-refractivity contribution in [1.29, 1.82) is 0 Å². The van der Waals surface area contributed by atoms with Gasteiger partial charge in [-0.1, -0.05) is 17.7 Å². The highest BCUT2D eigenvalue weighted by molar-refractivity contribution is 7.89. The summed E-state index contributed by atoms with van der Waals surface area (Å²) in [5, 5.41) is 2.97. The lowest BCUT2D eigenvalue weighted by atomic mass is 10.1. The van der Waals surface area contributed by atoms with Crippen LogP contribution in [0.3, 0.4) is 0 Å². The number of rotatable bonds is 10. The first-order valence-corrected chi connectivity index (χ1v) is 11.4. The SMILES string of the molecule is CCOc1ccc(S(=O)(=O)N(C)CC(=O)N[C@H](C)c2ccc(OC)c(OC)c2)cc1Cl. The average molecular weight is 471 g/mol. The van der Waals surface area contributed by atoms with Gasteiger partial charge < -0.3 is 19.5 Å². The molecule has 0 radical (unpaired) electrons. The molecule has 170 valence electrons. The van der Waals surface area contributed by atoms with Gasteiger partial charge in [0.1, 0.15) is 5.75 Å². The maximum absolute atomic E-state index is 12.8. The Kier molecular flexibility index (Phi) is 8.55. The number of ether oxygens (including phenoxy) is 3.